The van der Waals surface area contributed by atoms with Crippen LogP contribution in [-0.2, 0) is 14.3 Å². The van der Waals surface area contributed by atoms with E-state index in [-0.39, 0.29) is 11.9 Å². The Morgan fingerprint density at radius 2 is 1.82 bits per heavy atom. The molecule has 0 aromatic heterocycles. The molecule has 1 atom stereocenters. The molecule has 1 amide bonds. The molecule has 0 saturated carbocycles. The summed E-state index contributed by atoms with van der Waals surface area (Å²) in [5.41, 5.74) is 2.74. The second-order valence-electron chi connectivity index (χ2n) is 8.64. The van der Waals surface area contributed by atoms with Crippen molar-refractivity contribution in [3.63, 3.8) is 0 Å². The summed E-state index contributed by atoms with van der Waals surface area (Å²) < 4.78 is 16.9. The van der Waals surface area contributed by atoms with Crippen LogP contribution in [0.3, 0.4) is 0 Å². The number of amides is 1. The first-order chi connectivity index (χ1) is 16.1. The highest BCUT2D eigenvalue weighted by molar-refractivity contribution is 6.31. The van der Waals surface area contributed by atoms with E-state index in [1.807, 2.05) is 48.5 Å². The molecule has 0 N–H and O–H groups in total. The fraction of sp³-hybridized carbons (Fsp3) is 0.440. The minimum atomic E-state index is -0.451. The summed E-state index contributed by atoms with van der Waals surface area (Å²) in [5, 5.41) is 7.03. The molecule has 8 heteroatoms. The highest BCUT2D eigenvalue weighted by atomic mass is 35.5. The molecule has 2 saturated heterocycles. The number of likely N-dealkylation sites (tertiary alicyclic amines) is 1. The Morgan fingerprint density at radius 1 is 1.12 bits per heavy atom. The number of nitrogens with zero attached hydrogens (tertiary/aromatic N) is 3. The smallest absolute Gasteiger partial charge is 0.257 e. The number of benzene rings is 2. The Hall–Kier alpha value is -2.45. The molecule has 0 radical (unpaired) electrons. The highest BCUT2D eigenvalue weighted by Crippen LogP contribution is 2.37. The van der Waals surface area contributed by atoms with Crippen LogP contribution >= 0.6 is 11.6 Å². The average molecular weight is 470 g/mol. The molecule has 3 aliphatic rings. The standard InChI is InChI=1S/C25H28ClN3O4/c1-31-19-8-6-18(7-9-19)22-16-23(20-4-2-3-5-21(20)26)29(27-22)24(30)17-28-12-10-25(11-13-28)32-14-15-33-25/h2-9,23H,10-17H2,1H3. The summed E-state index contributed by atoms with van der Waals surface area (Å²) in [6, 6.07) is 15.2. The van der Waals surface area contributed by atoms with Crippen molar-refractivity contribution in [3.05, 3.63) is 64.7 Å². The van der Waals surface area contributed by atoms with Crippen molar-refractivity contribution in [2.45, 2.75) is 31.1 Å². The zero-order chi connectivity index (χ0) is 22.8. The van der Waals surface area contributed by atoms with Crippen LogP contribution < -0.4 is 4.74 Å². The van der Waals surface area contributed by atoms with Crippen LogP contribution in [0.25, 0.3) is 0 Å². The van der Waals surface area contributed by atoms with Crippen LogP contribution in [0.15, 0.2) is 53.6 Å². The van der Waals surface area contributed by atoms with Gasteiger partial charge in [-0.2, -0.15) is 5.10 Å². The molecule has 3 aliphatic heterocycles. The van der Waals surface area contributed by atoms with E-state index in [0.29, 0.717) is 31.2 Å². The number of hydrogen-bond donors (Lipinski definition) is 0. The molecule has 1 spiro atoms. The zero-order valence-corrected chi connectivity index (χ0v) is 19.5. The van der Waals surface area contributed by atoms with E-state index >= 15 is 0 Å². The normalized spacial score (nSPS) is 22.5. The molecule has 3 heterocycles. The third kappa shape index (κ3) is 4.64. The Morgan fingerprint density at radius 3 is 2.48 bits per heavy atom. The molecule has 174 valence electrons. The van der Waals surface area contributed by atoms with E-state index in [1.54, 1.807) is 12.1 Å². The Labute approximate surface area is 198 Å². The van der Waals surface area contributed by atoms with Crippen LogP contribution in [-0.4, -0.2) is 67.3 Å². The van der Waals surface area contributed by atoms with Gasteiger partial charge < -0.3 is 14.2 Å². The summed E-state index contributed by atoms with van der Waals surface area (Å²) >= 11 is 6.53. The van der Waals surface area contributed by atoms with E-state index in [2.05, 4.69) is 4.90 Å². The third-order valence-electron chi connectivity index (χ3n) is 6.64. The van der Waals surface area contributed by atoms with Gasteiger partial charge >= 0.3 is 0 Å². The lowest BCUT2D eigenvalue weighted by molar-refractivity contribution is -0.186. The maximum Gasteiger partial charge on any atom is 0.257 e. The average Bonchev–Trinajstić information content (AvgIpc) is 3.49. The predicted octanol–water partition coefficient (Wildman–Crippen LogP) is 3.87. The number of carbonyl (C=O) groups is 1. The van der Waals surface area contributed by atoms with Crippen molar-refractivity contribution in [2.75, 3.05) is 40.0 Å². The molecular formula is C25H28ClN3O4. The monoisotopic (exact) mass is 469 g/mol. The molecule has 2 fully saturated rings. The Kier molecular flexibility index (Phi) is 6.38. The number of methoxy groups -OCH3 is 1. The number of rotatable bonds is 5. The maximum atomic E-state index is 13.5. The third-order valence-corrected chi connectivity index (χ3v) is 6.99. The van der Waals surface area contributed by atoms with Gasteiger partial charge in [0.15, 0.2) is 5.79 Å². The Bertz CT molecular complexity index is 1030. The van der Waals surface area contributed by atoms with Crippen molar-refractivity contribution in [2.24, 2.45) is 5.10 Å². The topological polar surface area (TPSA) is 63.6 Å². The van der Waals surface area contributed by atoms with Gasteiger partial charge in [-0.05, 0) is 41.5 Å². The van der Waals surface area contributed by atoms with Crippen molar-refractivity contribution < 1.29 is 19.0 Å². The molecule has 7 nitrogen and oxygen atoms in total. The fourth-order valence-corrected chi connectivity index (χ4v) is 5.05. The van der Waals surface area contributed by atoms with Crippen molar-refractivity contribution >= 4 is 23.2 Å². The van der Waals surface area contributed by atoms with Crippen molar-refractivity contribution in [3.8, 4) is 5.75 Å². The van der Waals surface area contributed by atoms with Crippen molar-refractivity contribution in [1.82, 2.24) is 9.91 Å². The molecule has 1 unspecified atom stereocenters. The minimum Gasteiger partial charge on any atom is -0.497 e. The molecule has 0 bridgehead atoms. The maximum absolute atomic E-state index is 13.5. The lowest BCUT2D eigenvalue weighted by Gasteiger charge is -2.37. The van der Waals surface area contributed by atoms with Gasteiger partial charge in [0.1, 0.15) is 5.75 Å². The van der Waals surface area contributed by atoms with Crippen LogP contribution in [0.4, 0.5) is 0 Å². The van der Waals surface area contributed by atoms with Crippen LogP contribution in [0, 0.1) is 0 Å². The van der Waals surface area contributed by atoms with Crippen molar-refractivity contribution in [1.29, 1.82) is 0 Å². The predicted molar refractivity (Wildman–Crippen MR) is 125 cm³/mol. The molecule has 33 heavy (non-hydrogen) atoms. The largest absolute Gasteiger partial charge is 0.497 e. The first kappa shape index (κ1) is 22.3. The fourth-order valence-electron chi connectivity index (χ4n) is 4.79. The molecule has 2 aromatic rings. The van der Waals surface area contributed by atoms with Gasteiger partial charge in [-0.25, -0.2) is 5.01 Å². The van der Waals surface area contributed by atoms with Crippen LogP contribution in [0.1, 0.15) is 36.4 Å². The van der Waals surface area contributed by atoms with Crippen LogP contribution in [0.5, 0.6) is 5.75 Å². The second kappa shape index (κ2) is 9.43. The lowest BCUT2D eigenvalue weighted by atomic mass is 9.98. The van der Waals surface area contributed by atoms with E-state index in [1.165, 1.54) is 0 Å². The van der Waals surface area contributed by atoms with E-state index < -0.39 is 5.79 Å². The van der Waals surface area contributed by atoms with E-state index in [0.717, 1.165) is 48.5 Å². The number of hydrazone groups is 1. The number of hydrogen-bond acceptors (Lipinski definition) is 6. The van der Waals surface area contributed by atoms with E-state index in [9.17, 15) is 4.79 Å². The molecule has 5 rings (SSSR count). The van der Waals surface area contributed by atoms with Crippen LogP contribution in [0.2, 0.25) is 5.02 Å². The number of piperidine rings is 1. The first-order valence-corrected chi connectivity index (χ1v) is 11.7. The molecule has 2 aromatic carbocycles. The highest BCUT2D eigenvalue weighted by Gasteiger charge is 2.41. The minimum absolute atomic E-state index is 0.0346. The van der Waals surface area contributed by atoms with Gasteiger partial charge in [0.25, 0.3) is 5.91 Å². The number of halogens is 1. The summed E-state index contributed by atoms with van der Waals surface area (Å²) in [4.78, 5) is 15.6. The Balaban J connectivity index is 1.34. The number of ether oxygens (including phenoxy) is 3. The van der Waals surface area contributed by atoms with Gasteiger partial charge in [-0.15, -0.1) is 0 Å². The summed E-state index contributed by atoms with van der Waals surface area (Å²) in [6.07, 6.45) is 2.15. The van der Waals surface area contributed by atoms with Gasteiger partial charge in [-0.1, -0.05) is 29.8 Å². The van der Waals surface area contributed by atoms with Gasteiger partial charge in [0.05, 0.1) is 38.6 Å². The lowest BCUT2D eigenvalue weighted by Crippen LogP contribution is -2.48. The van der Waals surface area contributed by atoms with Gasteiger partial charge in [0.2, 0.25) is 0 Å². The zero-order valence-electron chi connectivity index (χ0n) is 18.7. The second-order valence-corrected chi connectivity index (χ2v) is 9.05. The summed E-state index contributed by atoms with van der Waals surface area (Å²) in [7, 11) is 1.64. The first-order valence-electron chi connectivity index (χ1n) is 11.4. The quantitative estimate of drug-likeness (QED) is 0.665. The summed E-state index contributed by atoms with van der Waals surface area (Å²) in [6.45, 7) is 3.11. The molecule has 0 aliphatic carbocycles. The summed E-state index contributed by atoms with van der Waals surface area (Å²) in [5.74, 6) is 0.297. The number of carbonyl (C=O) groups excluding carboxylic acids is 1. The van der Waals surface area contributed by atoms with E-state index in [4.69, 9.17) is 30.9 Å². The van der Waals surface area contributed by atoms with Gasteiger partial charge in [0, 0.05) is 37.4 Å². The SMILES string of the molecule is COc1ccc(C2=NN(C(=O)CN3CCC4(CC3)OCCO4)C(c3ccccc3Cl)C2)cc1. The van der Waals surface area contributed by atoms with Gasteiger partial charge in [-0.3, -0.25) is 9.69 Å². The molecular weight excluding hydrogens is 442 g/mol.